The molecule has 0 spiro atoms. The molecule has 1 amide bonds. The molecule has 2 rings (SSSR count). The smallest absolute Gasteiger partial charge is 0.257 e. The summed E-state index contributed by atoms with van der Waals surface area (Å²) in [6.45, 7) is 6.89. The van der Waals surface area contributed by atoms with Crippen LogP contribution in [0.1, 0.15) is 30.1 Å². The standard InChI is InChI=1S/C16H21NO3/c1-4-10-20-15-11-13(19-3)7-8-14(15)16(18)17-9-5-6-12(17)2/h4,7-8,11-12H,1,5-6,9-10H2,2-3H3/t12-/m0/s1. The van der Waals surface area contributed by atoms with Gasteiger partial charge in [0.2, 0.25) is 0 Å². The second-order valence-corrected chi connectivity index (χ2v) is 4.95. The zero-order valence-corrected chi connectivity index (χ0v) is 12.1. The summed E-state index contributed by atoms with van der Waals surface area (Å²) < 4.78 is 10.8. The van der Waals surface area contributed by atoms with Gasteiger partial charge in [-0.05, 0) is 31.9 Å². The van der Waals surface area contributed by atoms with Crippen LogP contribution in [0, 0.1) is 0 Å². The van der Waals surface area contributed by atoms with Gasteiger partial charge in [-0.1, -0.05) is 12.7 Å². The van der Waals surface area contributed by atoms with E-state index in [1.807, 2.05) is 4.90 Å². The van der Waals surface area contributed by atoms with Gasteiger partial charge in [0, 0.05) is 18.7 Å². The second-order valence-electron chi connectivity index (χ2n) is 4.95. The molecule has 0 aliphatic carbocycles. The number of hydrogen-bond donors (Lipinski definition) is 0. The van der Waals surface area contributed by atoms with Gasteiger partial charge in [0.15, 0.2) is 0 Å². The molecule has 1 heterocycles. The van der Waals surface area contributed by atoms with E-state index in [0.717, 1.165) is 19.4 Å². The van der Waals surface area contributed by atoms with E-state index in [1.165, 1.54) is 0 Å². The molecule has 1 atom stereocenters. The van der Waals surface area contributed by atoms with Crippen LogP contribution in [-0.4, -0.2) is 37.1 Å². The van der Waals surface area contributed by atoms with Crippen molar-refractivity contribution in [3.8, 4) is 11.5 Å². The van der Waals surface area contributed by atoms with Gasteiger partial charge in [0.25, 0.3) is 5.91 Å². The van der Waals surface area contributed by atoms with Gasteiger partial charge >= 0.3 is 0 Å². The van der Waals surface area contributed by atoms with Crippen molar-refractivity contribution in [1.29, 1.82) is 0 Å². The van der Waals surface area contributed by atoms with Crippen LogP contribution in [0.2, 0.25) is 0 Å². The molecular formula is C16H21NO3. The Morgan fingerprint density at radius 2 is 2.35 bits per heavy atom. The molecule has 0 bridgehead atoms. The van der Waals surface area contributed by atoms with E-state index in [9.17, 15) is 4.79 Å². The number of hydrogen-bond acceptors (Lipinski definition) is 3. The van der Waals surface area contributed by atoms with E-state index >= 15 is 0 Å². The number of ether oxygens (including phenoxy) is 2. The number of amides is 1. The van der Waals surface area contributed by atoms with E-state index in [4.69, 9.17) is 9.47 Å². The molecule has 0 N–H and O–H groups in total. The van der Waals surface area contributed by atoms with Crippen LogP contribution in [0.5, 0.6) is 11.5 Å². The van der Waals surface area contributed by atoms with Crippen molar-refractivity contribution >= 4 is 5.91 Å². The number of carbonyl (C=O) groups excluding carboxylic acids is 1. The summed E-state index contributed by atoms with van der Waals surface area (Å²) in [4.78, 5) is 14.5. The largest absolute Gasteiger partial charge is 0.497 e. The van der Waals surface area contributed by atoms with Crippen molar-refractivity contribution in [1.82, 2.24) is 4.90 Å². The Bertz CT molecular complexity index is 498. The van der Waals surface area contributed by atoms with E-state index in [2.05, 4.69) is 13.5 Å². The number of nitrogens with zero attached hydrogens (tertiary/aromatic N) is 1. The SMILES string of the molecule is C=CCOc1cc(OC)ccc1C(=O)N1CCC[C@@H]1C. The Morgan fingerprint density at radius 1 is 1.55 bits per heavy atom. The lowest BCUT2D eigenvalue weighted by atomic mass is 10.1. The third kappa shape index (κ3) is 2.95. The lowest BCUT2D eigenvalue weighted by molar-refractivity contribution is 0.0743. The minimum Gasteiger partial charge on any atom is -0.497 e. The minimum absolute atomic E-state index is 0.0247. The molecule has 0 saturated carbocycles. The summed E-state index contributed by atoms with van der Waals surface area (Å²) in [7, 11) is 1.59. The second kappa shape index (κ2) is 6.46. The Morgan fingerprint density at radius 3 is 2.95 bits per heavy atom. The molecular weight excluding hydrogens is 254 g/mol. The fourth-order valence-corrected chi connectivity index (χ4v) is 2.46. The number of carbonyl (C=O) groups is 1. The maximum Gasteiger partial charge on any atom is 0.257 e. The predicted molar refractivity (Wildman–Crippen MR) is 78.4 cm³/mol. The van der Waals surface area contributed by atoms with Crippen LogP contribution < -0.4 is 9.47 Å². The lowest BCUT2D eigenvalue weighted by Crippen LogP contribution is -2.33. The molecule has 0 aromatic heterocycles. The van der Waals surface area contributed by atoms with Crippen LogP contribution in [0.3, 0.4) is 0 Å². The zero-order chi connectivity index (χ0) is 14.5. The first-order valence-electron chi connectivity index (χ1n) is 6.90. The van der Waals surface area contributed by atoms with Crippen LogP contribution in [-0.2, 0) is 0 Å². The quantitative estimate of drug-likeness (QED) is 0.776. The molecule has 1 aromatic carbocycles. The summed E-state index contributed by atoms with van der Waals surface area (Å²) in [6.07, 6.45) is 3.78. The van der Waals surface area contributed by atoms with E-state index in [1.54, 1.807) is 31.4 Å². The Balaban J connectivity index is 2.28. The minimum atomic E-state index is 0.0247. The Labute approximate surface area is 120 Å². The van der Waals surface area contributed by atoms with Crippen molar-refractivity contribution in [2.24, 2.45) is 0 Å². The van der Waals surface area contributed by atoms with Crippen molar-refractivity contribution in [3.05, 3.63) is 36.4 Å². The molecule has 1 fully saturated rings. The number of likely N-dealkylation sites (tertiary alicyclic amines) is 1. The van der Waals surface area contributed by atoms with Gasteiger partial charge in [-0.25, -0.2) is 0 Å². The number of rotatable bonds is 5. The maximum absolute atomic E-state index is 12.6. The highest BCUT2D eigenvalue weighted by molar-refractivity contribution is 5.97. The summed E-state index contributed by atoms with van der Waals surface area (Å²) in [5, 5.41) is 0. The highest BCUT2D eigenvalue weighted by Gasteiger charge is 2.28. The molecule has 4 heteroatoms. The highest BCUT2D eigenvalue weighted by Crippen LogP contribution is 2.28. The summed E-state index contributed by atoms with van der Waals surface area (Å²) in [5.41, 5.74) is 0.585. The Kier molecular flexibility index (Phi) is 4.66. The zero-order valence-electron chi connectivity index (χ0n) is 12.1. The summed E-state index contributed by atoms with van der Waals surface area (Å²) in [6, 6.07) is 5.59. The van der Waals surface area contributed by atoms with Crippen molar-refractivity contribution in [3.63, 3.8) is 0 Å². The van der Waals surface area contributed by atoms with Gasteiger partial charge in [0.1, 0.15) is 18.1 Å². The first kappa shape index (κ1) is 14.4. The van der Waals surface area contributed by atoms with Gasteiger partial charge in [-0.3, -0.25) is 4.79 Å². The number of benzene rings is 1. The van der Waals surface area contributed by atoms with Crippen LogP contribution in [0.4, 0.5) is 0 Å². The van der Waals surface area contributed by atoms with Gasteiger partial charge in [-0.15, -0.1) is 0 Å². The van der Waals surface area contributed by atoms with Gasteiger partial charge < -0.3 is 14.4 Å². The molecule has 20 heavy (non-hydrogen) atoms. The molecule has 4 nitrogen and oxygen atoms in total. The van der Waals surface area contributed by atoms with Crippen LogP contribution in [0.25, 0.3) is 0 Å². The van der Waals surface area contributed by atoms with E-state index < -0.39 is 0 Å². The normalized spacial score (nSPS) is 17.9. The molecule has 1 saturated heterocycles. The van der Waals surface area contributed by atoms with E-state index in [-0.39, 0.29) is 11.9 Å². The van der Waals surface area contributed by atoms with Crippen molar-refractivity contribution < 1.29 is 14.3 Å². The average Bonchev–Trinajstić information content (AvgIpc) is 2.90. The fourth-order valence-electron chi connectivity index (χ4n) is 2.46. The average molecular weight is 275 g/mol. The van der Waals surface area contributed by atoms with Crippen LogP contribution in [0.15, 0.2) is 30.9 Å². The predicted octanol–water partition coefficient (Wildman–Crippen LogP) is 2.88. The van der Waals surface area contributed by atoms with Crippen molar-refractivity contribution in [2.75, 3.05) is 20.3 Å². The fraction of sp³-hybridized carbons (Fsp3) is 0.438. The Hall–Kier alpha value is -1.97. The van der Waals surface area contributed by atoms with Gasteiger partial charge in [-0.2, -0.15) is 0 Å². The number of methoxy groups -OCH3 is 1. The topological polar surface area (TPSA) is 38.8 Å². The van der Waals surface area contributed by atoms with Gasteiger partial charge in [0.05, 0.1) is 12.7 Å². The summed E-state index contributed by atoms with van der Waals surface area (Å²) >= 11 is 0. The van der Waals surface area contributed by atoms with E-state index in [0.29, 0.717) is 23.7 Å². The van der Waals surface area contributed by atoms with Crippen LogP contribution >= 0.6 is 0 Å². The maximum atomic E-state index is 12.6. The molecule has 1 aromatic rings. The molecule has 1 aliphatic rings. The molecule has 0 unspecified atom stereocenters. The third-order valence-electron chi connectivity index (χ3n) is 3.59. The molecule has 1 aliphatic heterocycles. The molecule has 0 radical (unpaired) electrons. The first-order chi connectivity index (χ1) is 9.67. The molecule has 108 valence electrons. The lowest BCUT2D eigenvalue weighted by Gasteiger charge is -2.22. The summed E-state index contributed by atoms with van der Waals surface area (Å²) in [5.74, 6) is 1.25. The monoisotopic (exact) mass is 275 g/mol. The first-order valence-corrected chi connectivity index (χ1v) is 6.90. The third-order valence-corrected chi connectivity index (χ3v) is 3.59. The highest BCUT2D eigenvalue weighted by atomic mass is 16.5. The van der Waals surface area contributed by atoms with Crippen molar-refractivity contribution in [2.45, 2.75) is 25.8 Å².